The van der Waals surface area contributed by atoms with Crippen LogP contribution in [0, 0.1) is 11.3 Å². The smallest absolute Gasteiger partial charge is 0.159 e. The largest absolute Gasteiger partial charge is 0.489 e. The second-order valence-corrected chi connectivity index (χ2v) is 4.69. The summed E-state index contributed by atoms with van der Waals surface area (Å²) in [4.78, 5) is 11.2. The molecule has 0 atom stereocenters. The van der Waals surface area contributed by atoms with Crippen LogP contribution in [-0.2, 0) is 6.61 Å². The molecule has 0 radical (unpaired) electrons. The quantitative estimate of drug-likeness (QED) is 0.798. The standard InChI is InChI=1S/C16H12ClNO2/c1-11(19)13-4-6-15(7-5-13)20-10-14-3-2-12(9-18)8-16(14)17/h2-8H,10H2,1H3. The van der Waals surface area contributed by atoms with Crippen molar-refractivity contribution in [2.75, 3.05) is 0 Å². The van der Waals surface area contributed by atoms with Gasteiger partial charge in [0.05, 0.1) is 11.6 Å². The Morgan fingerprint density at radius 3 is 2.50 bits per heavy atom. The van der Waals surface area contributed by atoms with E-state index < -0.39 is 0 Å². The lowest BCUT2D eigenvalue weighted by atomic mass is 10.1. The SMILES string of the molecule is CC(=O)c1ccc(OCc2ccc(C#N)cc2Cl)cc1. The van der Waals surface area contributed by atoms with Gasteiger partial charge in [0.15, 0.2) is 5.78 Å². The minimum Gasteiger partial charge on any atom is -0.489 e. The Hall–Kier alpha value is -2.31. The lowest BCUT2D eigenvalue weighted by Crippen LogP contribution is -1.97. The van der Waals surface area contributed by atoms with E-state index in [0.29, 0.717) is 28.5 Å². The van der Waals surface area contributed by atoms with Crippen molar-refractivity contribution >= 4 is 17.4 Å². The molecular weight excluding hydrogens is 274 g/mol. The number of hydrogen-bond acceptors (Lipinski definition) is 3. The van der Waals surface area contributed by atoms with Crippen molar-refractivity contribution < 1.29 is 9.53 Å². The maximum Gasteiger partial charge on any atom is 0.159 e. The molecule has 0 saturated carbocycles. The van der Waals surface area contributed by atoms with E-state index in [1.807, 2.05) is 6.07 Å². The van der Waals surface area contributed by atoms with Crippen molar-refractivity contribution in [1.82, 2.24) is 0 Å². The molecule has 0 bridgehead atoms. The summed E-state index contributed by atoms with van der Waals surface area (Å²) in [5, 5.41) is 9.27. The number of carbonyl (C=O) groups is 1. The van der Waals surface area contributed by atoms with Crippen molar-refractivity contribution in [3.8, 4) is 11.8 Å². The minimum absolute atomic E-state index is 0.0201. The van der Waals surface area contributed by atoms with Crippen LogP contribution in [0.1, 0.15) is 28.4 Å². The molecule has 0 N–H and O–H groups in total. The Morgan fingerprint density at radius 2 is 1.95 bits per heavy atom. The Balaban J connectivity index is 2.05. The third-order valence-corrected chi connectivity index (χ3v) is 3.19. The van der Waals surface area contributed by atoms with Gasteiger partial charge in [-0.15, -0.1) is 0 Å². The van der Waals surface area contributed by atoms with Crippen LogP contribution < -0.4 is 4.74 Å². The van der Waals surface area contributed by atoms with Gasteiger partial charge < -0.3 is 4.74 Å². The lowest BCUT2D eigenvalue weighted by molar-refractivity contribution is 0.101. The van der Waals surface area contributed by atoms with E-state index in [2.05, 4.69) is 0 Å². The first-order valence-corrected chi connectivity index (χ1v) is 6.40. The number of carbonyl (C=O) groups excluding carboxylic acids is 1. The van der Waals surface area contributed by atoms with E-state index in [1.165, 1.54) is 6.92 Å². The van der Waals surface area contributed by atoms with Gasteiger partial charge in [-0.2, -0.15) is 5.26 Å². The number of ether oxygens (including phenoxy) is 1. The van der Waals surface area contributed by atoms with Crippen LogP contribution in [0.2, 0.25) is 5.02 Å². The van der Waals surface area contributed by atoms with E-state index in [4.69, 9.17) is 21.6 Å². The molecule has 20 heavy (non-hydrogen) atoms. The van der Waals surface area contributed by atoms with Crippen molar-refractivity contribution in [2.24, 2.45) is 0 Å². The normalized spacial score (nSPS) is 9.85. The highest BCUT2D eigenvalue weighted by Crippen LogP contribution is 2.20. The fraction of sp³-hybridized carbons (Fsp3) is 0.125. The predicted octanol–water partition coefficient (Wildman–Crippen LogP) is 3.99. The van der Waals surface area contributed by atoms with Crippen LogP contribution >= 0.6 is 11.6 Å². The van der Waals surface area contributed by atoms with Gasteiger partial charge in [0, 0.05) is 16.1 Å². The van der Waals surface area contributed by atoms with E-state index in [9.17, 15) is 4.79 Å². The second kappa shape index (κ2) is 6.23. The maximum atomic E-state index is 11.2. The zero-order valence-corrected chi connectivity index (χ0v) is 11.6. The van der Waals surface area contributed by atoms with E-state index >= 15 is 0 Å². The highest BCUT2D eigenvalue weighted by molar-refractivity contribution is 6.31. The molecule has 4 heteroatoms. The molecule has 0 aliphatic rings. The zero-order chi connectivity index (χ0) is 14.5. The monoisotopic (exact) mass is 285 g/mol. The third kappa shape index (κ3) is 3.37. The molecule has 2 aromatic rings. The number of rotatable bonds is 4. The molecule has 100 valence electrons. The predicted molar refractivity (Wildman–Crippen MR) is 76.9 cm³/mol. The van der Waals surface area contributed by atoms with Gasteiger partial charge in [0.2, 0.25) is 0 Å². The van der Waals surface area contributed by atoms with Crippen LogP contribution in [0.5, 0.6) is 5.75 Å². The van der Waals surface area contributed by atoms with Crippen molar-refractivity contribution in [3.05, 3.63) is 64.2 Å². The average Bonchev–Trinajstić information content (AvgIpc) is 2.46. The van der Waals surface area contributed by atoms with Gasteiger partial charge in [0.25, 0.3) is 0 Å². The average molecular weight is 286 g/mol. The van der Waals surface area contributed by atoms with Gasteiger partial charge in [-0.1, -0.05) is 17.7 Å². The maximum absolute atomic E-state index is 11.2. The number of nitriles is 1. The number of hydrogen-bond donors (Lipinski definition) is 0. The highest BCUT2D eigenvalue weighted by atomic mass is 35.5. The van der Waals surface area contributed by atoms with Gasteiger partial charge in [-0.05, 0) is 43.3 Å². The van der Waals surface area contributed by atoms with Crippen molar-refractivity contribution in [3.63, 3.8) is 0 Å². The van der Waals surface area contributed by atoms with Crippen molar-refractivity contribution in [1.29, 1.82) is 5.26 Å². The molecule has 0 aliphatic heterocycles. The molecule has 0 spiro atoms. The first kappa shape index (κ1) is 14.1. The topological polar surface area (TPSA) is 50.1 Å². The molecular formula is C16H12ClNO2. The molecule has 0 aromatic heterocycles. The molecule has 2 aromatic carbocycles. The van der Waals surface area contributed by atoms with Gasteiger partial charge in [-0.3, -0.25) is 4.79 Å². The zero-order valence-electron chi connectivity index (χ0n) is 10.9. The van der Waals surface area contributed by atoms with Crippen LogP contribution in [0.3, 0.4) is 0 Å². The number of Topliss-reactive ketones (excluding diaryl/α,β-unsaturated/α-hetero) is 1. The van der Waals surface area contributed by atoms with Crippen LogP contribution in [-0.4, -0.2) is 5.78 Å². The Bertz CT molecular complexity index is 672. The first-order chi connectivity index (χ1) is 9.60. The molecule has 0 fully saturated rings. The van der Waals surface area contributed by atoms with E-state index in [1.54, 1.807) is 42.5 Å². The third-order valence-electron chi connectivity index (χ3n) is 2.84. The summed E-state index contributed by atoms with van der Waals surface area (Å²) < 4.78 is 5.60. The van der Waals surface area contributed by atoms with Gasteiger partial charge >= 0.3 is 0 Å². The summed E-state index contributed by atoms with van der Waals surface area (Å²) in [7, 11) is 0. The van der Waals surface area contributed by atoms with Crippen LogP contribution in [0.25, 0.3) is 0 Å². The van der Waals surface area contributed by atoms with Crippen LogP contribution in [0.15, 0.2) is 42.5 Å². The molecule has 3 nitrogen and oxygen atoms in total. The first-order valence-electron chi connectivity index (χ1n) is 6.02. The Labute approximate surface area is 122 Å². The Kier molecular flexibility index (Phi) is 4.39. The minimum atomic E-state index is 0.0201. The number of nitrogens with zero attached hydrogens (tertiary/aromatic N) is 1. The summed E-state index contributed by atoms with van der Waals surface area (Å²) in [6.07, 6.45) is 0. The summed E-state index contributed by atoms with van der Waals surface area (Å²) in [6.45, 7) is 1.83. The molecule has 0 aliphatic carbocycles. The summed E-state index contributed by atoms with van der Waals surface area (Å²) >= 11 is 6.07. The molecule has 2 rings (SSSR count). The number of ketones is 1. The van der Waals surface area contributed by atoms with Gasteiger partial charge in [-0.25, -0.2) is 0 Å². The molecule has 0 unspecified atom stereocenters. The molecule has 0 amide bonds. The summed E-state index contributed by atoms with van der Waals surface area (Å²) in [6, 6.07) is 14.0. The fourth-order valence-corrected chi connectivity index (χ4v) is 1.92. The van der Waals surface area contributed by atoms with Gasteiger partial charge in [0.1, 0.15) is 12.4 Å². The van der Waals surface area contributed by atoms with Crippen molar-refractivity contribution in [2.45, 2.75) is 13.5 Å². The Morgan fingerprint density at radius 1 is 1.25 bits per heavy atom. The second-order valence-electron chi connectivity index (χ2n) is 4.29. The van der Waals surface area contributed by atoms with E-state index in [-0.39, 0.29) is 5.78 Å². The van der Waals surface area contributed by atoms with Crippen LogP contribution in [0.4, 0.5) is 0 Å². The molecule has 0 heterocycles. The number of benzene rings is 2. The summed E-state index contributed by atoms with van der Waals surface area (Å²) in [5.41, 5.74) is 1.97. The molecule has 0 saturated heterocycles. The fourth-order valence-electron chi connectivity index (χ4n) is 1.68. The van der Waals surface area contributed by atoms with E-state index in [0.717, 1.165) is 5.56 Å². The lowest BCUT2D eigenvalue weighted by Gasteiger charge is -2.08. The highest BCUT2D eigenvalue weighted by Gasteiger charge is 2.04. The summed E-state index contributed by atoms with van der Waals surface area (Å²) in [5.74, 6) is 0.683. The number of halogens is 1.